The summed E-state index contributed by atoms with van der Waals surface area (Å²) in [5.74, 6) is 1.71. The van der Waals surface area contributed by atoms with Crippen LogP contribution >= 0.6 is 23.4 Å². The molecule has 0 aliphatic carbocycles. The normalized spacial score (nSPS) is 11.8. The van der Waals surface area contributed by atoms with E-state index in [9.17, 15) is 4.79 Å². The molecule has 0 N–H and O–H groups in total. The molecular weight excluding hydrogens is 412 g/mol. The lowest BCUT2D eigenvalue weighted by Crippen LogP contribution is -2.24. The molecule has 0 aliphatic heterocycles. The van der Waals surface area contributed by atoms with E-state index in [1.165, 1.54) is 11.8 Å². The maximum Gasteiger partial charge on any atom is 0.262 e. The molecule has 0 spiro atoms. The van der Waals surface area contributed by atoms with Crippen LogP contribution in [0.2, 0.25) is 5.02 Å². The van der Waals surface area contributed by atoms with E-state index in [4.69, 9.17) is 20.8 Å². The highest BCUT2D eigenvalue weighted by Gasteiger charge is 2.15. The zero-order valence-electron chi connectivity index (χ0n) is 17.0. The van der Waals surface area contributed by atoms with Gasteiger partial charge in [-0.15, -0.1) is 10.2 Å². The molecular formula is C20H25ClN4O3S. The molecule has 3 aromatic rings. The fourth-order valence-electron chi connectivity index (χ4n) is 2.71. The molecule has 0 bridgehead atoms. The van der Waals surface area contributed by atoms with Crippen LogP contribution in [-0.2, 0) is 17.0 Å². The number of rotatable bonds is 9. The van der Waals surface area contributed by atoms with Gasteiger partial charge in [0.05, 0.1) is 22.8 Å². The molecule has 1 aromatic carbocycles. The zero-order chi connectivity index (χ0) is 21.0. The molecule has 0 saturated carbocycles. The van der Waals surface area contributed by atoms with Gasteiger partial charge < -0.3 is 9.15 Å². The van der Waals surface area contributed by atoms with Crippen LogP contribution in [0.4, 0.5) is 0 Å². The topological polar surface area (TPSA) is 83.0 Å². The average molecular weight is 437 g/mol. The van der Waals surface area contributed by atoms with Crippen LogP contribution in [0.5, 0.6) is 0 Å². The highest BCUT2D eigenvalue weighted by Crippen LogP contribution is 2.24. The number of aromatic nitrogens is 4. The first-order valence-corrected chi connectivity index (χ1v) is 11.0. The number of benzene rings is 1. The van der Waals surface area contributed by atoms with Gasteiger partial charge in [0.1, 0.15) is 0 Å². The Morgan fingerprint density at radius 2 is 2.03 bits per heavy atom. The van der Waals surface area contributed by atoms with Gasteiger partial charge in [-0.05, 0) is 38.5 Å². The molecule has 9 heteroatoms. The minimum Gasteiger partial charge on any atom is -0.424 e. The van der Waals surface area contributed by atoms with Crippen molar-refractivity contribution >= 4 is 34.3 Å². The van der Waals surface area contributed by atoms with Crippen molar-refractivity contribution in [3.8, 4) is 0 Å². The van der Waals surface area contributed by atoms with E-state index in [0.29, 0.717) is 58.2 Å². The van der Waals surface area contributed by atoms with Crippen LogP contribution in [-0.4, -0.2) is 32.5 Å². The molecule has 2 aromatic heterocycles. The Morgan fingerprint density at radius 1 is 1.24 bits per heavy atom. The predicted octanol–water partition coefficient (Wildman–Crippen LogP) is 4.66. The number of nitrogens with zero attached hydrogens (tertiary/aromatic N) is 4. The average Bonchev–Trinajstić information content (AvgIpc) is 3.14. The molecule has 0 radical (unpaired) electrons. The fourth-order valence-corrected chi connectivity index (χ4v) is 3.74. The maximum atomic E-state index is 13.1. The number of ether oxygens (including phenoxy) is 1. The fraction of sp³-hybridized carbons (Fsp3) is 0.500. The van der Waals surface area contributed by atoms with Gasteiger partial charge in [-0.3, -0.25) is 9.36 Å². The Labute approximate surface area is 178 Å². The first kappa shape index (κ1) is 21.8. The summed E-state index contributed by atoms with van der Waals surface area (Å²) in [6.07, 6.45) is 0.870. The van der Waals surface area contributed by atoms with Crippen LogP contribution in [0.3, 0.4) is 0 Å². The first-order chi connectivity index (χ1) is 13.8. The molecule has 2 heterocycles. The monoisotopic (exact) mass is 436 g/mol. The van der Waals surface area contributed by atoms with Crippen LogP contribution in [0.15, 0.2) is 32.6 Å². The van der Waals surface area contributed by atoms with Crippen molar-refractivity contribution in [3.63, 3.8) is 0 Å². The van der Waals surface area contributed by atoms with Gasteiger partial charge in [0, 0.05) is 24.1 Å². The second-order valence-electron chi connectivity index (χ2n) is 7.26. The van der Waals surface area contributed by atoms with E-state index in [2.05, 4.69) is 15.2 Å². The summed E-state index contributed by atoms with van der Waals surface area (Å²) in [7, 11) is 0. The van der Waals surface area contributed by atoms with Gasteiger partial charge in [0.15, 0.2) is 5.16 Å². The van der Waals surface area contributed by atoms with Gasteiger partial charge in [-0.1, -0.05) is 37.2 Å². The lowest BCUT2D eigenvalue weighted by Gasteiger charge is -2.13. The third-order valence-electron chi connectivity index (χ3n) is 4.16. The first-order valence-electron chi connectivity index (χ1n) is 9.62. The Morgan fingerprint density at radius 3 is 2.72 bits per heavy atom. The second kappa shape index (κ2) is 9.73. The molecule has 3 rings (SSSR count). The van der Waals surface area contributed by atoms with E-state index in [1.54, 1.807) is 22.8 Å². The largest absolute Gasteiger partial charge is 0.424 e. The predicted molar refractivity (Wildman–Crippen MR) is 115 cm³/mol. The van der Waals surface area contributed by atoms with Crippen molar-refractivity contribution in [3.05, 3.63) is 45.4 Å². The van der Waals surface area contributed by atoms with Gasteiger partial charge in [0.25, 0.3) is 5.56 Å². The molecule has 156 valence electrons. The third-order valence-corrected chi connectivity index (χ3v) is 5.36. The molecule has 0 unspecified atom stereocenters. The Balaban J connectivity index is 1.87. The Hall–Kier alpha value is -1.90. The van der Waals surface area contributed by atoms with E-state index >= 15 is 0 Å². The molecule has 0 saturated heterocycles. The van der Waals surface area contributed by atoms with E-state index < -0.39 is 0 Å². The summed E-state index contributed by atoms with van der Waals surface area (Å²) in [5.41, 5.74) is 0.486. The van der Waals surface area contributed by atoms with Crippen LogP contribution < -0.4 is 5.56 Å². The summed E-state index contributed by atoms with van der Waals surface area (Å²) in [5, 5.41) is 9.82. The van der Waals surface area contributed by atoms with E-state index in [1.807, 2.05) is 27.7 Å². The van der Waals surface area contributed by atoms with Crippen LogP contribution in [0.1, 0.15) is 51.8 Å². The highest BCUT2D eigenvalue weighted by atomic mass is 35.5. The molecule has 0 fully saturated rings. The second-order valence-corrected chi connectivity index (χ2v) is 8.64. The minimum atomic E-state index is -0.0906. The van der Waals surface area contributed by atoms with E-state index in [0.717, 1.165) is 0 Å². The summed E-state index contributed by atoms with van der Waals surface area (Å²) in [6.45, 7) is 9.07. The molecule has 7 nitrogen and oxygen atoms in total. The lowest BCUT2D eigenvalue weighted by atomic mass is 10.2. The SMILES string of the molecule is CC(C)OCCCn1c(SCc2nnc(C(C)C)o2)nc2cc(Cl)ccc2c1=O. The van der Waals surface area contributed by atoms with Gasteiger partial charge in [-0.25, -0.2) is 4.98 Å². The van der Waals surface area contributed by atoms with Crippen LogP contribution in [0, 0.1) is 0 Å². The smallest absolute Gasteiger partial charge is 0.262 e. The number of fused-ring (bicyclic) bond motifs is 1. The lowest BCUT2D eigenvalue weighted by molar-refractivity contribution is 0.0743. The third kappa shape index (κ3) is 5.58. The van der Waals surface area contributed by atoms with Gasteiger partial charge in [-0.2, -0.15) is 0 Å². The van der Waals surface area contributed by atoms with Crippen molar-refractivity contribution in [1.82, 2.24) is 19.7 Å². The Bertz CT molecular complexity index is 1030. The molecule has 0 amide bonds. The molecule has 0 aliphatic rings. The quantitative estimate of drug-likeness (QED) is 0.274. The minimum absolute atomic E-state index is 0.0906. The van der Waals surface area contributed by atoms with Crippen LogP contribution in [0.25, 0.3) is 10.9 Å². The number of hydrogen-bond acceptors (Lipinski definition) is 7. The molecule has 29 heavy (non-hydrogen) atoms. The Kier molecular flexibility index (Phi) is 7.32. The standard InChI is InChI=1S/C20H25ClN4O3S/c1-12(2)18-24-23-17(28-18)11-29-20-22-16-10-14(21)6-7-15(16)19(26)25(20)8-5-9-27-13(3)4/h6-7,10,12-13H,5,8-9,11H2,1-4H3. The zero-order valence-corrected chi connectivity index (χ0v) is 18.6. The van der Waals surface area contributed by atoms with Crippen molar-refractivity contribution in [2.24, 2.45) is 0 Å². The highest BCUT2D eigenvalue weighted by molar-refractivity contribution is 7.98. The van der Waals surface area contributed by atoms with Crippen molar-refractivity contribution in [1.29, 1.82) is 0 Å². The number of halogens is 1. The number of hydrogen-bond donors (Lipinski definition) is 0. The van der Waals surface area contributed by atoms with E-state index in [-0.39, 0.29) is 17.6 Å². The summed E-state index contributed by atoms with van der Waals surface area (Å²) >= 11 is 7.49. The van der Waals surface area contributed by atoms with Crippen molar-refractivity contribution in [2.75, 3.05) is 6.61 Å². The summed E-state index contributed by atoms with van der Waals surface area (Å²) in [4.78, 5) is 17.7. The number of thioether (sulfide) groups is 1. The maximum absolute atomic E-state index is 13.1. The van der Waals surface area contributed by atoms with Crippen molar-refractivity contribution in [2.45, 2.75) is 63.6 Å². The van der Waals surface area contributed by atoms with Gasteiger partial charge >= 0.3 is 0 Å². The summed E-state index contributed by atoms with van der Waals surface area (Å²) in [6, 6.07) is 5.13. The summed E-state index contributed by atoms with van der Waals surface area (Å²) < 4.78 is 13.0. The van der Waals surface area contributed by atoms with Crippen molar-refractivity contribution < 1.29 is 9.15 Å². The van der Waals surface area contributed by atoms with Gasteiger partial charge in [0.2, 0.25) is 11.8 Å². The molecule has 0 atom stereocenters.